The zero-order valence-corrected chi connectivity index (χ0v) is 14.8. The summed E-state index contributed by atoms with van der Waals surface area (Å²) < 4.78 is 22.7. The smallest absolute Gasteiger partial charge is 0.298 e. The third kappa shape index (κ3) is 2.93. The van der Waals surface area contributed by atoms with Crippen LogP contribution in [0.25, 0.3) is 11.0 Å². The Labute approximate surface area is 154 Å². The fourth-order valence-corrected chi connectivity index (χ4v) is 3.79. The minimum absolute atomic E-state index is 0.00996. The summed E-state index contributed by atoms with van der Waals surface area (Å²) in [6.45, 7) is 1.52. The first-order valence-electron chi connectivity index (χ1n) is 9.39. The normalized spacial score (nSPS) is 18.3. The molecule has 27 heavy (non-hydrogen) atoms. The molecule has 1 aromatic carbocycles. The highest BCUT2D eigenvalue weighted by Gasteiger charge is 2.33. The number of rotatable bonds is 4. The Kier molecular flexibility index (Phi) is 4.00. The van der Waals surface area contributed by atoms with Crippen LogP contribution in [-0.2, 0) is 11.3 Å². The minimum Gasteiger partial charge on any atom is -0.381 e. The van der Waals surface area contributed by atoms with E-state index in [1.165, 1.54) is 10.7 Å². The second-order valence-corrected chi connectivity index (χ2v) is 7.29. The number of halogens is 1. The first-order valence-corrected chi connectivity index (χ1v) is 9.39. The summed E-state index contributed by atoms with van der Waals surface area (Å²) in [5.74, 6) is 0.0407. The molecule has 1 saturated heterocycles. The molecule has 0 spiro atoms. The zero-order chi connectivity index (χ0) is 18.4. The fraction of sp³-hybridized carbons (Fsp3) is 0.474. The summed E-state index contributed by atoms with van der Waals surface area (Å²) in [4.78, 5) is 13.0. The first-order chi connectivity index (χ1) is 13.2. The molecule has 1 aliphatic heterocycles. The van der Waals surface area contributed by atoms with Crippen molar-refractivity contribution in [1.82, 2.24) is 24.8 Å². The lowest BCUT2D eigenvalue weighted by Gasteiger charge is -2.22. The molecule has 1 saturated carbocycles. The Morgan fingerprint density at radius 3 is 2.63 bits per heavy atom. The molecule has 0 N–H and O–H groups in total. The summed E-state index contributed by atoms with van der Waals surface area (Å²) >= 11 is 0. The number of aromatic nitrogens is 5. The van der Waals surface area contributed by atoms with E-state index in [-0.39, 0.29) is 24.0 Å². The van der Waals surface area contributed by atoms with Gasteiger partial charge in [0.1, 0.15) is 11.3 Å². The van der Waals surface area contributed by atoms with Gasteiger partial charge in [-0.25, -0.2) is 9.07 Å². The van der Waals surface area contributed by atoms with Gasteiger partial charge in [0.2, 0.25) is 0 Å². The van der Waals surface area contributed by atoms with Gasteiger partial charge < -0.3 is 4.74 Å². The molecule has 0 amide bonds. The topological polar surface area (TPSA) is 74.8 Å². The van der Waals surface area contributed by atoms with Gasteiger partial charge in [0.05, 0.1) is 18.3 Å². The molecule has 0 radical (unpaired) electrons. The highest BCUT2D eigenvalue weighted by Crippen LogP contribution is 2.42. The van der Waals surface area contributed by atoms with Crippen LogP contribution >= 0.6 is 0 Å². The summed E-state index contributed by atoms with van der Waals surface area (Å²) in [5.41, 5.74) is 2.11. The Bertz CT molecular complexity index is 1050. The maximum Gasteiger partial charge on any atom is 0.298 e. The molecule has 140 valence electrons. The molecule has 2 fully saturated rings. The summed E-state index contributed by atoms with van der Waals surface area (Å²) in [7, 11) is 0. The van der Waals surface area contributed by atoms with E-state index in [9.17, 15) is 9.18 Å². The highest BCUT2D eigenvalue weighted by molar-refractivity contribution is 5.76. The second-order valence-electron chi connectivity index (χ2n) is 7.29. The van der Waals surface area contributed by atoms with E-state index in [0.29, 0.717) is 35.7 Å². The number of hydrogen-bond acceptors (Lipinski definition) is 5. The molecular formula is C19H20FN5O2. The Balaban J connectivity index is 1.61. The molecular weight excluding hydrogens is 349 g/mol. The molecule has 5 rings (SSSR count). The third-order valence-corrected chi connectivity index (χ3v) is 5.40. The summed E-state index contributed by atoms with van der Waals surface area (Å²) in [5, 5.41) is 13.1. The van der Waals surface area contributed by atoms with E-state index in [2.05, 4.69) is 15.4 Å². The number of benzene rings is 1. The highest BCUT2D eigenvalue weighted by atomic mass is 19.1. The minimum atomic E-state index is -0.274. The van der Waals surface area contributed by atoms with Crippen molar-refractivity contribution >= 4 is 11.0 Å². The number of ether oxygens (including phenoxy) is 1. The number of nitrogens with zero attached hydrogens (tertiary/aromatic N) is 5. The van der Waals surface area contributed by atoms with Gasteiger partial charge >= 0.3 is 0 Å². The van der Waals surface area contributed by atoms with Gasteiger partial charge in [-0.3, -0.25) is 9.48 Å². The third-order valence-electron chi connectivity index (χ3n) is 5.40. The summed E-state index contributed by atoms with van der Waals surface area (Å²) in [6, 6.07) is 6.64. The van der Waals surface area contributed by atoms with Gasteiger partial charge in [-0.15, -0.1) is 5.10 Å². The first kappa shape index (κ1) is 16.6. The van der Waals surface area contributed by atoms with Crippen molar-refractivity contribution in [2.24, 2.45) is 0 Å². The van der Waals surface area contributed by atoms with Crippen LogP contribution in [0.4, 0.5) is 4.39 Å². The van der Waals surface area contributed by atoms with Crippen molar-refractivity contribution in [3.8, 4) is 0 Å². The van der Waals surface area contributed by atoms with Crippen molar-refractivity contribution in [3.05, 3.63) is 51.7 Å². The predicted molar refractivity (Wildman–Crippen MR) is 96.2 cm³/mol. The van der Waals surface area contributed by atoms with Gasteiger partial charge in [0.25, 0.3) is 5.56 Å². The molecule has 3 aromatic rings. The van der Waals surface area contributed by atoms with E-state index >= 15 is 0 Å². The van der Waals surface area contributed by atoms with Gasteiger partial charge in [0, 0.05) is 24.7 Å². The van der Waals surface area contributed by atoms with Crippen LogP contribution in [0.15, 0.2) is 29.1 Å². The lowest BCUT2D eigenvalue weighted by molar-refractivity contribution is 0.0641. The van der Waals surface area contributed by atoms with E-state index < -0.39 is 0 Å². The lowest BCUT2D eigenvalue weighted by atomic mass is 10.1. The molecule has 3 heterocycles. The molecule has 7 nitrogen and oxygen atoms in total. The monoisotopic (exact) mass is 369 g/mol. The largest absolute Gasteiger partial charge is 0.381 e. The second kappa shape index (κ2) is 6.53. The zero-order valence-electron chi connectivity index (χ0n) is 14.8. The van der Waals surface area contributed by atoms with Crippen LogP contribution in [0.3, 0.4) is 0 Å². The fourth-order valence-electron chi connectivity index (χ4n) is 3.79. The van der Waals surface area contributed by atoms with Crippen LogP contribution in [-0.4, -0.2) is 38.0 Å². The van der Waals surface area contributed by atoms with E-state index in [4.69, 9.17) is 4.74 Å². The van der Waals surface area contributed by atoms with Crippen LogP contribution in [0.1, 0.15) is 48.9 Å². The average Bonchev–Trinajstić information content (AvgIpc) is 3.46. The lowest BCUT2D eigenvalue weighted by Crippen LogP contribution is -2.32. The Hall–Kier alpha value is -2.61. The van der Waals surface area contributed by atoms with Crippen LogP contribution in [0, 0.1) is 5.82 Å². The standard InChI is InChI=1S/C19H20FN5O2/c20-15-4-2-1-3-13(15)11-24-18(12-5-6-12)16-17(22-24)19(26)25(23-21-16)14-7-9-27-10-8-14/h1-4,12,14H,5-11H2. The number of fused-ring (bicyclic) bond motifs is 1. The van der Waals surface area contributed by atoms with Crippen LogP contribution < -0.4 is 5.56 Å². The van der Waals surface area contributed by atoms with Crippen molar-refractivity contribution in [2.45, 2.75) is 44.2 Å². The summed E-state index contributed by atoms with van der Waals surface area (Å²) in [6.07, 6.45) is 3.54. The molecule has 8 heteroatoms. The number of hydrogen-bond donors (Lipinski definition) is 0. The molecule has 0 atom stereocenters. The Morgan fingerprint density at radius 2 is 1.89 bits per heavy atom. The van der Waals surface area contributed by atoms with Gasteiger partial charge in [-0.2, -0.15) is 5.10 Å². The van der Waals surface area contributed by atoms with Crippen molar-refractivity contribution in [2.75, 3.05) is 13.2 Å². The van der Waals surface area contributed by atoms with Crippen LogP contribution in [0.5, 0.6) is 0 Å². The van der Waals surface area contributed by atoms with E-state index in [1.807, 2.05) is 0 Å². The molecule has 1 aliphatic carbocycles. The molecule has 2 aromatic heterocycles. The molecule has 2 aliphatic rings. The van der Waals surface area contributed by atoms with Gasteiger partial charge in [0.15, 0.2) is 5.52 Å². The van der Waals surface area contributed by atoms with Gasteiger partial charge in [-0.05, 0) is 31.7 Å². The maximum absolute atomic E-state index is 14.1. The van der Waals surface area contributed by atoms with Crippen molar-refractivity contribution < 1.29 is 9.13 Å². The quantitative estimate of drug-likeness (QED) is 0.706. The Morgan fingerprint density at radius 1 is 1.11 bits per heavy atom. The van der Waals surface area contributed by atoms with E-state index in [0.717, 1.165) is 31.4 Å². The van der Waals surface area contributed by atoms with Crippen LogP contribution in [0.2, 0.25) is 0 Å². The molecule has 0 unspecified atom stereocenters. The predicted octanol–water partition coefficient (Wildman–Crippen LogP) is 2.40. The van der Waals surface area contributed by atoms with Gasteiger partial charge in [-0.1, -0.05) is 23.4 Å². The van der Waals surface area contributed by atoms with Crippen molar-refractivity contribution in [3.63, 3.8) is 0 Å². The van der Waals surface area contributed by atoms with Crippen molar-refractivity contribution in [1.29, 1.82) is 0 Å². The maximum atomic E-state index is 14.1. The van der Waals surface area contributed by atoms with E-state index in [1.54, 1.807) is 22.9 Å². The average molecular weight is 369 g/mol. The SMILES string of the molecule is O=c1c2nn(Cc3ccccc3F)c(C3CC3)c2nnn1C1CCOCC1. The molecule has 0 bridgehead atoms.